The number of ether oxygens (including phenoxy) is 4. The summed E-state index contributed by atoms with van der Waals surface area (Å²) in [6.07, 6.45) is 2.59. The maximum Gasteiger partial charge on any atom is 0.409 e. The fourth-order valence-corrected chi connectivity index (χ4v) is 4.10. The first-order valence-electron chi connectivity index (χ1n) is 9.73. The smallest absolute Gasteiger partial charge is 0.409 e. The predicted octanol–water partition coefficient (Wildman–Crippen LogP) is 2.34. The second-order valence-corrected chi connectivity index (χ2v) is 8.40. The van der Waals surface area contributed by atoms with Crippen LogP contribution in [0.15, 0.2) is 11.6 Å². The number of nitrogens with two attached hydrogens (primary N) is 1. The molecule has 1 spiro atoms. The highest BCUT2D eigenvalue weighted by molar-refractivity contribution is 5.67. The molecule has 1 heterocycles. The number of allylic oxidation sites excluding steroid dienone is 1. The number of hydrogen-bond acceptors (Lipinski definition) is 6. The number of rotatable bonds is 8. The third-order valence-corrected chi connectivity index (χ3v) is 5.63. The quantitative estimate of drug-likeness (QED) is 0.511. The van der Waals surface area contributed by atoms with Crippen molar-refractivity contribution in [3.8, 4) is 0 Å². The van der Waals surface area contributed by atoms with Gasteiger partial charge in [-0.2, -0.15) is 0 Å². The molecule has 3 unspecified atom stereocenters. The lowest BCUT2D eigenvalue weighted by Crippen LogP contribution is -2.59. The number of likely N-dealkylation sites (N-methyl/N-ethyl adjacent to an activating group) is 1. The largest absolute Gasteiger partial charge is 0.443 e. The van der Waals surface area contributed by atoms with Crippen molar-refractivity contribution in [1.82, 2.24) is 4.90 Å². The van der Waals surface area contributed by atoms with Gasteiger partial charge in [0, 0.05) is 33.2 Å². The molecule has 0 aromatic carbocycles. The Hall–Kier alpha value is -1.15. The predicted molar refractivity (Wildman–Crippen MR) is 104 cm³/mol. The molecule has 1 saturated carbocycles. The lowest BCUT2D eigenvalue weighted by atomic mass is 9.68. The molecule has 0 radical (unpaired) electrons. The molecule has 4 atom stereocenters. The van der Waals surface area contributed by atoms with Crippen LogP contribution in [0.1, 0.15) is 40.5 Å². The van der Waals surface area contributed by atoms with Gasteiger partial charge in [0.15, 0.2) is 0 Å². The zero-order valence-corrected chi connectivity index (χ0v) is 17.6. The summed E-state index contributed by atoms with van der Waals surface area (Å²) in [5.74, 6) is -0.0353. The minimum absolute atomic E-state index is 0.0353. The third kappa shape index (κ3) is 5.22. The van der Waals surface area contributed by atoms with E-state index in [1.807, 2.05) is 13.8 Å². The number of carbonyl (C=O) groups is 1. The summed E-state index contributed by atoms with van der Waals surface area (Å²) in [7, 11) is 3.35. The van der Waals surface area contributed by atoms with Gasteiger partial charge >= 0.3 is 6.09 Å². The Balaban J connectivity index is 2.15. The van der Waals surface area contributed by atoms with E-state index < -0.39 is 5.60 Å². The highest BCUT2D eigenvalue weighted by atomic mass is 16.6. The molecule has 0 bridgehead atoms. The summed E-state index contributed by atoms with van der Waals surface area (Å²) < 4.78 is 23.7. The molecule has 156 valence electrons. The van der Waals surface area contributed by atoms with E-state index in [9.17, 15) is 4.79 Å². The van der Waals surface area contributed by atoms with Crippen molar-refractivity contribution in [2.75, 3.05) is 40.5 Å². The van der Waals surface area contributed by atoms with Crippen LogP contribution in [0.4, 0.5) is 4.79 Å². The molecular formula is C20H36N2O5. The Morgan fingerprint density at radius 1 is 1.41 bits per heavy atom. The van der Waals surface area contributed by atoms with Crippen LogP contribution >= 0.6 is 0 Å². The van der Waals surface area contributed by atoms with Crippen LogP contribution in [0.2, 0.25) is 0 Å². The van der Waals surface area contributed by atoms with Gasteiger partial charge in [-0.25, -0.2) is 4.79 Å². The van der Waals surface area contributed by atoms with Crippen LogP contribution in [-0.4, -0.2) is 74.9 Å². The van der Waals surface area contributed by atoms with Gasteiger partial charge in [0.1, 0.15) is 12.2 Å². The van der Waals surface area contributed by atoms with Crippen molar-refractivity contribution in [3.05, 3.63) is 11.6 Å². The number of amides is 1. The van der Waals surface area contributed by atoms with Gasteiger partial charge in [0.25, 0.3) is 0 Å². The van der Waals surface area contributed by atoms with E-state index >= 15 is 0 Å². The van der Waals surface area contributed by atoms with Crippen molar-refractivity contribution < 1.29 is 23.7 Å². The number of epoxide rings is 1. The van der Waals surface area contributed by atoms with Gasteiger partial charge in [-0.05, 0) is 40.5 Å². The monoisotopic (exact) mass is 384 g/mol. The molecular weight excluding hydrogens is 348 g/mol. The number of carbonyl (C=O) groups excluding carboxylic acids is 1. The summed E-state index contributed by atoms with van der Waals surface area (Å²) in [5, 5.41) is 0. The van der Waals surface area contributed by atoms with Gasteiger partial charge in [-0.15, -0.1) is 0 Å². The van der Waals surface area contributed by atoms with Gasteiger partial charge in [0.2, 0.25) is 0 Å². The molecule has 1 aliphatic carbocycles. The van der Waals surface area contributed by atoms with Crippen LogP contribution in [0.25, 0.3) is 0 Å². The highest BCUT2D eigenvalue weighted by Crippen LogP contribution is 2.52. The molecule has 0 aromatic rings. The maximum atomic E-state index is 12.4. The molecule has 0 aromatic heterocycles. The SMILES string of the molecule is COC1C(OC(=O)N(C)CCN)CC[C@]2(CO2)C1C(C)(C)OCC=C(C)C. The number of nitrogens with zero attached hydrogens (tertiary/aromatic N) is 1. The van der Waals surface area contributed by atoms with Gasteiger partial charge in [0.05, 0.1) is 24.4 Å². The zero-order chi connectivity index (χ0) is 20.2. The van der Waals surface area contributed by atoms with Crippen molar-refractivity contribution in [3.63, 3.8) is 0 Å². The molecule has 1 amide bonds. The summed E-state index contributed by atoms with van der Waals surface area (Å²) >= 11 is 0. The van der Waals surface area contributed by atoms with Gasteiger partial charge in [-0.3, -0.25) is 0 Å². The molecule has 7 nitrogen and oxygen atoms in total. The standard InChI is InChI=1S/C20H36N2O5/c1-14(2)8-12-25-19(3,4)17-16(24-6)15(7-9-20(17)13-26-20)27-18(23)22(5)11-10-21/h8,15-17H,7,9-13,21H2,1-6H3/t15?,16?,17?,20-/m0/s1. The van der Waals surface area contributed by atoms with Crippen LogP contribution in [-0.2, 0) is 18.9 Å². The number of hydrogen-bond donors (Lipinski definition) is 1. The van der Waals surface area contributed by atoms with E-state index in [-0.39, 0.29) is 29.8 Å². The Morgan fingerprint density at radius 3 is 2.59 bits per heavy atom. The van der Waals surface area contributed by atoms with Crippen molar-refractivity contribution in [1.29, 1.82) is 0 Å². The average Bonchev–Trinajstić information content (AvgIpc) is 3.35. The first-order valence-corrected chi connectivity index (χ1v) is 9.73. The molecule has 1 aliphatic heterocycles. The number of methoxy groups -OCH3 is 1. The fraction of sp³-hybridized carbons (Fsp3) is 0.850. The zero-order valence-electron chi connectivity index (χ0n) is 17.6. The Bertz CT molecular complexity index is 540. The highest BCUT2D eigenvalue weighted by Gasteiger charge is 2.64. The van der Waals surface area contributed by atoms with E-state index in [0.717, 1.165) is 6.42 Å². The van der Waals surface area contributed by atoms with E-state index in [1.54, 1.807) is 14.2 Å². The summed E-state index contributed by atoms with van der Waals surface area (Å²) in [6.45, 7) is 10.3. The average molecular weight is 385 g/mol. The fourth-order valence-electron chi connectivity index (χ4n) is 4.10. The Kier molecular flexibility index (Phi) is 7.30. The van der Waals surface area contributed by atoms with Crippen molar-refractivity contribution in [2.45, 2.75) is 63.9 Å². The first-order chi connectivity index (χ1) is 12.7. The van der Waals surface area contributed by atoms with Gasteiger partial charge < -0.3 is 29.6 Å². The molecule has 2 fully saturated rings. The van der Waals surface area contributed by atoms with Crippen LogP contribution in [0.5, 0.6) is 0 Å². The second-order valence-electron chi connectivity index (χ2n) is 8.40. The van der Waals surface area contributed by atoms with Gasteiger partial charge in [-0.1, -0.05) is 11.6 Å². The third-order valence-electron chi connectivity index (χ3n) is 5.63. The van der Waals surface area contributed by atoms with Crippen molar-refractivity contribution in [2.24, 2.45) is 11.7 Å². The molecule has 2 N–H and O–H groups in total. The van der Waals surface area contributed by atoms with Crippen molar-refractivity contribution >= 4 is 6.09 Å². The summed E-state index contributed by atoms with van der Waals surface area (Å²) in [4.78, 5) is 13.9. The lowest BCUT2D eigenvalue weighted by Gasteiger charge is -2.47. The lowest BCUT2D eigenvalue weighted by molar-refractivity contribution is -0.173. The Labute approximate surface area is 163 Å². The molecule has 2 rings (SSSR count). The Morgan fingerprint density at radius 2 is 2.07 bits per heavy atom. The minimum Gasteiger partial charge on any atom is -0.443 e. The van der Waals surface area contributed by atoms with E-state index in [1.165, 1.54) is 10.5 Å². The molecule has 2 aliphatic rings. The molecule has 7 heteroatoms. The normalized spacial score (nSPS) is 30.1. The maximum absolute atomic E-state index is 12.4. The summed E-state index contributed by atoms with van der Waals surface area (Å²) in [6, 6.07) is 0. The van der Waals surface area contributed by atoms with Crippen LogP contribution in [0, 0.1) is 5.92 Å². The van der Waals surface area contributed by atoms with Crippen LogP contribution in [0.3, 0.4) is 0 Å². The van der Waals surface area contributed by atoms with E-state index in [0.29, 0.717) is 32.7 Å². The minimum atomic E-state index is -0.489. The summed E-state index contributed by atoms with van der Waals surface area (Å²) in [5.41, 5.74) is 6.01. The molecule has 27 heavy (non-hydrogen) atoms. The topological polar surface area (TPSA) is 86.6 Å². The molecule has 1 saturated heterocycles. The van der Waals surface area contributed by atoms with E-state index in [2.05, 4.69) is 19.9 Å². The first kappa shape index (κ1) is 22.1. The van der Waals surface area contributed by atoms with Crippen LogP contribution < -0.4 is 5.73 Å². The van der Waals surface area contributed by atoms with E-state index in [4.69, 9.17) is 24.7 Å². The second kappa shape index (κ2) is 8.90.